The Kier molecular flexibility index (Phi) is 5.65. The van der Waals surface area contributed by atoms with Crippen molar-refractivity contribution in [3.63, 3.8) is 0 Å². The summed E-state index contributed by atoms with van der Waals surface area (Å²) in [7, 11) is 0. The van der Waals surface area contributed by atoms with Crippen LogP contribution in [0.2, 0.25) is 0 Å². The van der Waals surface area contributed by atoms with Gasteiger partial charge in [-0.05, 0) is 77.7 Å². The molecule has 2 aliphatic rings. The molecule has 0 N–H and O–H groups in total. The second-order valence-corrected chi connectivity index (χ2v) is 9.01. The molecule has 0 heterocycles. The number of halogens is 1. The van der Waals surface area contributed by atoms with Crippen LogP contribution < -0.4 is 4.74 Å². The average molecular weight is 394 g/mol. The lowest BCUT2D eigenvalue weighted by molar-refractivity contribution is 0.0523. The zero-order valence-corrected chi connectivity index (χ0v) is 17.3. The summed E-state index contributed by atoms with van der Waals surface area (Å²) in [6.45, 7) is 2.89. The van der Waals surface area contributed by atoms with Crippen LogP contribution in [0.25, 0.3) is 0 Å². The van der Waals surface area contributed by atoms with Gasteiger partial charge in [-0.15, -0.1) is 11.6 Å². The Bertz CT molecular complexity index is 859. The average Bonchev–Trinajstić information content (AvgIpc) is 2.74. The molecule has 4 rings (SSSR count). The van der Waals surface area contributed by atoms with E-state index in [1.807, 2.05) is 18.2 Å². The van der Waals surface area contributed by atoms with Crippen LogP contribution in [0, 0.1) is 28.6 Å². The molecule has 2 aliphatic carbocycles. The summed E-state index contributed by atoms with van der Waals surface area (Å²) in [5, 5.41) is 9.41. The fourth-order valence-corrected chi connectivity index (χ4v) is 5.78. The summed E-state index contributed by atoms with van der Waals surface area (Å²) in [5.41, 5.74) is 4.18. The minimum absolute atomic E-state index is 0.0920. The van der Waals surface area contributed by atoms with Gasteiger partial charge in [-0.3, -0.25) is 0 Å². The molecule has 3 heteroatoms. The molecule has 146 valence electrons. The summed E-state index contributed by atoms with van der Waals surface area (Å²) < 4.78 is 6.04. The number of benzene rings is 2. The van der Waals surface area contributed by atoms with Gasteiger partial charge in [0.25, 0.3) is 0 Å². The van der Waals surface area contributed by atoms with Crippen molar-refractivity contribution in [2.24, 2.45) is 17.3 Å². The SMILES string of the molecule is CC1(CCl)CCC2c3ccc(OCc4ccccc4)cc3CCC2C1CC#N. The van der Waals surface area contributed by atoms with Crippen molar-refractivity contribution in [2.45, 2.75) is 51.6 Å². The highest BCUT2D eigenvalue weighted by atomic mass is 35.5. The van der Waals surface area contributed by atoms with Gasteiger partial charge in [0.2, 0.25) is 0 Å². The maximum absolute atomic E-state index is 9.41. The first-order valence-electron chi connectivity index (χ1n) is 10.4. The van der Waals surface area contributed by atoms with Gasteiger partial charge in [-0.2, -0.15) is 5.26 Å². The lowest BCUT2D eigenvalue weighted by Gasteiger charge is -2.50. The monoisotopic (exact) mass is 393 g/mol. The fourth-order valence-electron chi connectivity index (χ4n) is 5.45. The van der Waals surface area contributed by atoms with E-state index in [0.717, 1.165) is 25.0 Å². The van der Waals surface area contributed by atoms with Crippen molar-refractivity contribution in [1.29, 1.82) is 5.26 Å². The molecule has 1 saturated carbocycles. The van der Waals surface area contributed by atoms with E-state index in [0.29, 0.717) is 36.7 Å². The number of ether oxygens (including phenoxy) is 1. The number of rotatable bonds is 5. The van der Waals surface area contributed by atoms with Crippen LogP contribution in [0.4, 0.5) is 0 Å². The Morgan fingerprint density at radius 2 is 2.00 bits per heavy atom. The Labute approximate surface area is 173 Å². The zero-order valence-electron chi connectivity index (χ0n) is 16.5. The maximum Gasteiger partial charge on any atom is 0.120 e. The Hall–Kier alpha value is -1.98. The van der Waals surface area contributed by atoms with Crippen LogP contribution in [-0.2, 0) is 13.0 Å². The Balaban J connectivity index is 1.53. The standard InChI is InChI=1S/C25H28ClNO/c1-25(17-26)13-11-22-21-10-8-20(28-16-18-5-3-2-4-6-18)15-19(21)7-9-23(22)24(25)12-14-27/h2-6,8,10,15,22-24H,7,9,11-13,16-17H2,1H3. The van der Waals surface area contributed by atoms with E-state index in [1.165, 1.54) is 23.1 Å². The molecule has 2 aromatic carbocycles. The van der Waals surface area contributed by atoms with Crippen molar-refractivity contribution in [1.82, 2.24) is 0 Å². The molecule has 0 amide bonds. The summed E-state index contributed by atoms with van der Waals surface area (Å²) in [6.07, 6.45) is 5.12. The summed E-state index contributed by atoms with van der Waals surface area (Å²) >= 11 is 6.36. The fraction of sp³-hybridized carbons (Fsp3) is 0.480. The molecular weight excluding hydrogens is 366 g/mol. The molecule has 1 fully saturated rings. The molecule has 2 aromatic rings. The summed E-state index contributed by atoms with van der Waals surface area (Å²) in [4.78, 5) is 0. The number of hydrogen-bond acceptors (Lipinski definition) is 2. The second kappa shape index (κ2) is 8.18. The highest BCUT2D eigenvalue weighted by Crippen LogP contribution is 2.56. The first-order valence-corrected chi connectivity index (χ1v) is 10.9. The lowest BCUT2D eigenvalue weighted by Crippen LogP contribution is -2.43. The van der Waals surface area contributed by atoms with Gasteiger partial charge in [0, 0.05) is 12.3 Å². The maximum atomic E-state index is 9.41. The number of hydrogen-bond donors (Lipinski definition) is 0. The van der Waals surface area contributed by atoms with Crippen molar-refractivity contribution in [3.8, 4) is 11.8 Å². The van der Waals surface area contributed by atoms with Crippen LogP contribution in [-0.4, -0.2) is 5.88 Å². The predicted molar refractivity (Wildman–Crippen MR) is 114 cm³/mol. The van der Waals surface area contributed by atoms with Gasteiger partial charge in [-0.25, -0.2) is 0 Å². The molecule has 0 aliphatic heterocycles. The van der Waals surface area contributed by atoms with E-state index < -0.39 is 0 Å². The van der Waals surface area contributed by atoms with E-state index in [1.54, 1.807) is 0 Å². The lowest BCUT2D eigenvalue weighted by atomic mass is 9.54. The molecule has 0 spiro atoms. The van der Waals surface area contributed by atoms with E-state index >= 15 is 0 Å². The molecule has 0 saturated heterocycles. The minimum Gasteiger partial charge on any atom is -0.489 e. The molecule has 0 aromatic heterocycles. The molecular formula is C25H28ClNO. The number of aryl methyl sites for hydroxylation is 1. The number of nitriles is 1. The van der Waals surface area contributed by atoms with Gasteiger partial charge in [0.05, 0.1) is 6.07 Å². The van der Waals surface area contributed by atoms with Gasteiger partial charge in [0.1, 0.15) is 12.4 Å². The van der Waals surface area contributed by atoms with Crippen LogP contribution in [0.15, 0.2) is 48.5 Å². The molecule has 2 nitrogen and oxygen atoms in total. The third kappa shape index (κ3) is 3.65. The minimum atomic E-state index is 0.0920. The van der Waals surface area contributed by atoms with Crippen LogP contribution in [0.5, 0.6) is 5.75 Å². The van der Waals surface area contributed by atoms with Gasteiger partial charge in [-0.1, -0.05) is 43.3 Å². The molecule has 0 radical (unpaired) electrons. The van der Waals surface area contributed by atoms with Crippen LogP contribution in [0.3, 0.4) is 0 Å². The molecule has 28 heavy (non-hydrogen) atoms. The third-order valence-electron chi connectivity index (χ3n) is 7.08. The zero-order chi connectivity index (χ0) is 19.6. The van der Waals surface area contributed by atoms with Crippen molar-refractivity contribution in [3.05, 3.63) is 65.2 Å². The third-order valence-corrected chi connectivity index (χ3v) is 7.69. The van der Waals surface area contributed by atoms with E-state index in [9.17, 15) is 5.26 Å². The predicted octanol–water partition coefficient (Wildman–Crippen LogP) is 6.48. The first kappa shape index (κ1) is 19.3. The largest absolute Gasteiger partial charge is 0.489 e. The van der Waals surface area contributed by atoms with Gasteiger partial charge >= 0.3 is 0 Å². The topological polar surface area (TPSA) is 33.0 Å². The number of nitrogens with zero attached hydrogens (tertiary/aromatic N) is 1. The van der Waals surface area contributed by atoms with E-state index in [2.05, 4.69) is 43.3 Å². The first-order chi connectivity index (χ1) is 13.6. The number of alkyl halides is 1. The smallest absolute Gasteiger partial charge is 0.120 e. The highest BCUT2D eigenvalue weighted by molar-refractivity contribution is 6.18. The molecule has 4 unspecified atom stereocenters. The van der Waals surface area contributed by atoms with E-state index in [4.69, 9.17) is 16.3 Å². The van der Waals surface area contributed by atoms with Crippen LogP contribution >= 0.6 is 11.6 Å². The normalized spacial score (nSPS) is 28.7. The summed E-state index contributed by atoms with van der Waals surface area (Å²) in [5.74, 6) is 3.14. The summed E-state index contributed by atoms with van der Waals surface area (Å²) in [6, 6.07) is 19.4. The van der Waals surface area contributed by atoms with E-state index in [-0.39, 0.29) is 5.41 Å². The number of fused-ring (bicyclic) bond motifs is 3. The van der Waals surface area contributed by atoms with Crippen molar-refractivity contribution in [2.75, 3.05) is 5.88 Å². The Morgan fingerprint density at radius 3 is 2.75 bits per heavy atom. The van der Waals surface area contributed by atoms with Crippen LogP contribution in [0.1, 0.15) is 55.2 Å². The second-order valence-electron chi connectivity index (χ2n) is 8.74. The Morgan fingerprint density at radius 1 is 1.18 bits per heavy atom. The molecule has 4 atom stereocenters. The van der Waals surface area contributed by atoms with Gasteiger partial charge in [0.15, 0.2) is 0 Å². The molecule has 0 bridgehead atoms. The highest BCUT2D eigenvalue weighted by Gasteiger charge is 2.47. The quantitative estimate of drug-likeness (QED) is 0.544. The van der Waals surface area contributed by atoms with Gasteiger partial charge < -0.3 is 4.74 Å². The van der Waals surface area contributed by atoms with Crippen molar-refractivity contribution >= 4 is 11.6 Å². The van der Waals surface area contributed by atoms with Crippen molar-refractivity contribution < 1.29 is 4.74 Å².